The fourth-order valence-electron chi connectivity index (χ4n) is 1.81. The molecule has 0 radical (unpaired) electrons. The molecule has 0 aliphatic heterocycles. The molecule has 0 spiro atoms. The van der Waals surface area contributed by atoms with Crippen molar-refractivity contribution in [3.05, 3.63) is 58.1 Å². The molecule has 4 nitrogen and oxygen atoms in total. The molecule has 2 rings (SSSR count). The number of nitro groups is 1. The van der Waals surface area contributed by atoms with Gasteiger partial charge in [0.2, 0.25) is 0 Å². The average molecular weight is 228 g/mol. The summed E-state index contributed by atoms with van der Waals surface area (Å²) in [5, 5.41) is 10.8. The number of hydrogen-bond acceptors (Lipinski definition) is 3. The van der Waals surface area contributed by atoms with Crippen LogP contribution in [0.2, 0.25) is 0 Å². The quantitative estimate of drug-likeness (QED) is 0.487. The van der Waals surface area contributed by atoms with Crippen LogP contribution in [0.15, 0.2) is 42.5 Å². The molecular weight excluding hydrogens is 216 g/mol. The predicted molar refractivity (Wildman–Crippen MR) is 67.7 cm³/mol. The number of nitrogen functional groups attached to an aromatic ring is 1. The molecular formula is C13H12N2O2. The van der Waals surface area contributed by atoms with Crippen LogP contribution in [-0.4, -0.2) is 4.92 Å². The van der Waals surface area contributed by atoms with E-state index in [0.29, 0.717) is 0 Å². The fraction of sp³-hybridized carbons (Fsp3) is 0.0769. The van der Waals surface area contributed by atoms with Crippen molar-refractivity contribution in [2.24, 2.45) is 0 Å². The molecule has 0 fully saturated rings. The Morgan fingerprint density at radius 2 is 1.82 bits per heavy atom. The lowest BCUT2D eigenvalue weighted by molar-refractivity contribution is -0.383. The molecule has 0 aliphatic rings. The standard InChI is InChI=1S/C13H12N2O2/c1-9-7-12(14)13(15(16)17)8-11(9)10-5-3-2-4-6-10/h2-8H,14H2,1H3. The third kappa shape index (κ3) is 2.10. The van der Waals surface area contributed by atoms with E-state index in [4.69, 9.17) is 5.73 Å². The van der Waals surface area contributed by atoms with Crippen molar-refractivity contribution in [3.8, 4) is 11.1 Å². The van der Waals surface area contributed by atoms with Crippen molar-refractivity contribution in [2.45, 2.75) is 6.92 Å². The van der Waals surface area contributed by atoms with Crippen molar-refractivity contribution in [1.82, 2.24) is 0 Å². The number of aryl methyl sites for hydroxylation is 1. The van der Waals surface area contributed by atoms with Gasteiger partial charge in [-0.25, -0.2) is 0 Å². The zero-order valence-electron chi connectivity index (χ0n) is 9.38. The van der Waals surface area contributed by atoms with E-state index in [1.54, 1.807) is 6.07 Å². The number of rotatable bonds is 2. The first-order valence-electron chi connectivity index (χ1n) is 5.19. The van der Waals surface area contributed by atoms with Gasteiger partial charge in [0.1, 0.15) is 5.69 Å². The molecule has 0 aromatic heterocycles. The van der Waals surface area contributed by atoms with Crippen molar-refractivity contribution < 1.29 is 4.92 Å². The van der Waals surface area contributed by atoms with Gasteiger partial charge in [-0.1, -0.05) is 30.3 Å². The number of anilines is 1. The topological polar surface area (TPSA) is 69.2 Å². The fourth-order valence-corrected chi connectivity index (χ4v) is 1.81. The lowest BCUT2D eigenvalue weighted by Gasteiger charge is -2.07. The zero-order chi connectivity index (χ0) is 12.4. The van der Waals surface area contributed by atoms with E-state index in [-0.39, 0.29) is 11.4 Å². The van der Waals surface area contributed by atoms with E-state index in [1.807, 2.05) is 37.3 Å². The maximum Gasteiger partial charge on any atom is 0.292 e. The summed E-state index contributed by atoms with van der Waals surface area (Å²) < 4.78 is 0. The van der Waals surface area contributed by atoms with Crippen LogP contribution in [0.1, 0.15) is 5.56 Å². The summed E-state index contributed by atoms with van der Waals surface area (Å²) in [6.45, 7) is 1.89. The molecule has 0 unspecified atom stereocenters. The van der Waals surface area contributed by atoms with Crippen LogP contribution in [0.3, 0.4) is 0 Å². The molecule has 2 aromatic rings. The van der Waals surface area contributed by atoms with E-state index >= 15 is 0 Å². The Morgan fingerprint density at radius 3 is 2.41 bits per heavy atom. The molecule has 0 amide bonds. The smallest absolute Gasteiger partial charge is 0.292 e. The lowest BCUT2D eigenvalue weighted by Crippen LogP contribution is -1.97. The molecule has 2 N–H and O–H groups in total. The van der Waals surface area contributed by atoms with E-state index < -0.39 is 4.92 Å². The zero-order valence-corrected chi connectivity index (χ0v) is 9.38. The van der Waals surface area contributed by atoms with E-state index in [1.165, 1.54) is 6.07 Å². The SMILES string of the molecule is Cc1cc(N)c([N+](=O)[O-])cc1-c1ccccc1. The Kier molecular flexibility index (Phi) is 2.78. The molecule has 4 heteroatoms. The van der Waals surface area contributed by atoms with Crippen molar-refractivity contribution in [3.63, 3.8) is 0 Å². The van der Waals surface area contributed by atoms with Gasteiger partial charge >= 0.3 is 0 Å². The highest BCUT2D eigenvalue weighted by Gasteiger charge is 2.14. The van der Waals surface area contributed by atoms with Crippen LogP contribution < -0.4 is 5.73 Å². The van der Waals surface area contributed by atoms with E-state index in [0.717, 1.165) is 16.7 Å². The monoisotopic (exact) mass is 228 g/mol. The first-order chi connectivity index (χ1) is 8.09. The lowest BCUT2D eigenvalue weighted by atomic mass is 9.99. The molecule has 0 saturated carbocycles. The largest absolute Gasteiger partial charge is 0.393 e. The van der Waals surface area contributed by atoms with Crippen molar-refractivity contribution in [2.75, 3.05) is 5.73 Å². The van der Waals surface area contributed by atoms with Gasteiger partial charge in [-0.2, -0.15) is 0 Å². The molecule has 0 atom stereocenters. The second kappa shape index (κ2) is 4.25. The summed E-state index contributed by atoms with van der Waals surface area (Å²) in [6.07, 6.45) is 0. The highest BCUT2D eigenvalue weighted by Crippen LogP contribution is 2.31. The van der Waals surface area contributed by atoms with Crippen molar-refractivity contribution >= 4 is 11.4 Å². The molecule has 0 heterocycles. The number of nitro benzene ring substituents is 1. The summed E-state index contributed by atoms with van der Waals surface area (Å²) in [5.41, 5.74) is 8.50. The number of nitrogens with two attached hydrogens (primary N) is 1. The normalized spacial score (nSPS) is 10.2. The molecule has 17 heavy (non-hydrogen) atoms. The van der Waals surface area contributed by atoms with Gasteiger partial charge in [-0.3, -0.25) is 10.1 Å². The maximum atomic E-state index is 10.8. The second-order valence-electron chi connectivity index (χ2n) is 3.85. The molecule has 0 aliphatic carbocycles. The summed E-state index contributed by atoms with van der Waals surface area (Å²) in [6, 6.07) is 12.7. The average Bonchev–Trinajstić information content (AvgIpc) is 2.29. The number of hydrogen-bond donors (Lipinski definition) is 1. The van der Waals surface area contributed by atoms with Crippen LogP contribution >= 0.6 is 0 Å². The maximum absolute atomic E-state index is 10.8. The van der Waals surface area contributed by atoms with Crippen molar-refractivity contribution in [1.29, 1.82) is 0 Å². The Balaban J connectivity index is 2.63. The second-order valence-corrected chi connectivity index (χ2v) is 3.85. The van der Waals surface area contributed by atoms with Gasteiger partial charge < -0.3 is 5.73 Å². The highest BCUT2D eigenvalue weighted by molar-refractivity contribution is 5.75. The molecule has 0 saturated heterocycles. The molecule has 86 valence electrons. The minimum atomic E-state index is -0.457. The molecule has 0 bridgehead atoms. The first-order valence-corrected chi connectivity index (χ1v) is 5.19. The van der Waals surface area contributed by atoms with Crippen LogP contribution in [0.25, 0.3) is 11.1 Å². The minimum absolute atomic E-state index is 0.0468. The first kappa shape index (κ1) is 11.1. The van der Waals surface area contributed by atoms with Crippen LogP contribution in [-0.2, 0) is 0 Å². The minimum Gasteiger partial charge on any atom is -0.393 e. The van der Waals surface area contributed by atoms with Gasteiger partial charge in [0.05, 0.1) is 4.92 Å². The van der Waals surface area contributed by atoms with E-state index in [2.05, 4.69) is 0 Å². The summed E-state index contributed by atoms with van der Waals surface area (Å²) in [4.78, 5) is 10.4. The summed E-state index contributed by atoms with van der Waals surface area (Å²) in [7, 11) is 0. The van der Waals surface area contributed by atoms with E-state index in [9.17, 15) is 10.1 Å². The number of benzene rings is 2. The third-order valence-electron chi connectivity index (χ3n) is 2.66. The van der Waals surface area contributed by atoms with Gasteiger partial charge in [-0.05, 0) is 29.7 Å². The number of nitrogens with zero attached hydrogens (tertiary/aromatic N) is 1. The Morgan fingerprint density at radius 1 is 1.18 bits per heavy atom. The highest BCUT2D eigenvalue weighted by atomic mass is 16.6. The Labute approximate surface area is 98.8 Å². The predicted octanol–water partition coefficient (Wildman–Crippen LogP) is 3.15. The third-order valence-corrected chi connectivity index (χ3v) is 2.66. The molecule has 2 aromatic carbocycles. The van der Waals surface area contributed by atoms with Gasteiger partial charge in [0, 0.05) is 6.07 Å². The Hall–Kier alpha value is -2.36. The van der Waals surface area contributed by atoms with Gasteiger partial charge in [-0.15, -0.1) is 0 Å². The summed E-state index contributed by atoms with van der Waals surface area (Å²) >= 11 is 0. The van der Waals surface area contributed by atoms with Gasteiger partial charge in [0.25, 0.3) is 5.69 Å². The van der Waals surface area contributed by atoms with Gasteiger partial charge in [0.15, 0.2) is 0 Å². The van der Waals surface area contributed by atoms with Crippen LogP contribution in [0.5, 0.6) is 0 Å². The summed E-state index contributed by atoms with van der Waals surface area (Å²) in [5.74, 6) is 0. The van der Waals surface area contributed by atoms with Crippen LogP contribution in [0.4, 0.5) is 11.4 Å². The van der Waals surface area contributed by atoms with Crippen LogP contribution in [0, 0.1) is 17.0 Å². The Bertz CT molecular complexity index is 565.